The molecule has 0 unspecified atom stereocenters. The molecule has 1 atom stereocenters. The van der Waals surface area contributed by atoms with Crippen molar-refractivity contribution in [1.82, 2.24) is 10.2 Å². The van der Waals surface area contributed by atoms with Gasteiger partial charge in [0.1, 0.15) is 0 Å². The molecule has 21 heavy (non-hydrogen) atoms. The Morgan fingerprint density at radius 1 is 1.38 bits per heavy atom. The van der Waals surface area contributed by atoms with Crippen LogP contribution < -0.4 is 5.32 Å². The monoisotopic (exact) mass is 285 g/mol. The molecule has 1 aromatic rings. The molecule has 1 aliphatic heterocycles. The summed E-state index contributed by atoms with van der Waals surface area (Å²) in [5, 5.41) is 12.1. The van der Waals surface area contributed by atoms with Crippen LogP contribution in [0.1, 0.15) is 37.8 Å². The number of likely N-dealkylation sites (tertiary alicyclic amines) is 1. The highest BCUT2D eigenvalue weighted by atomic mass is 16.2. The van der Waals surface area contributed by atoms with E-state index < -0.39 is 5.54 Å². The Labute approximate surface area is 126 Å². The molecule has 1 fully saturated rings. The smallest absolute Gasteiger partial charge is 0.318 e. The average Bonchev–Trinajstić information content (AvgIpc) is 2.47. The highest BCUT2D eigenvalue weighted by Gasteiger charge is 2.28. The molecule has 0 saturated carbocycles. The summed E-state index contributed by atoms with van der Waals surface area (Å²) in [6.07, 6.45) is 1.79. The molecule has 112 valence electrons. The summed E-state index contributed by atoms with van der Waals surface area (Å²) in [5.74, 6) is -0.0352. The molecule has 2 rings (SSSR count). The second kappa shape index (κ2) is 6.17. The number of nitriles is 1. The second-order valence-electron chi connectivity index (χ2n) is 6.34. The number of hydrogen-bond acceptors (Lipinski definition) is 2. The van der Waals surface area contributed by atoms with E-state index in [1.165, 1.54) is 5.56 Å². The minimum Gasteiger partial charge on any atom is -0.329 e. The van der Waals surface area contributed by atoms with Gasteiger partial charge in [0.15, 0.2) is 0 Å². The van der Waals surface area contributed by atoms with Crippen molar-refractivity contribution in [3.8, 4) is 6.07 Å². The van der Waals surface area contributed by atoms with Gasteiger partial charge < -0.3 is 10.2 Å². The van der Waals surface area contributed by atoms with Crippen LogP contribution in [0.2, 0.25) is 0 Å². The van der Waals surface area contributed by atoms with E-state index in [-0.39, 0.29) is 11.9 Å². The zero-order valence-electron chi connectivity index (χ0n) is 13.0. The van der Waals surface area contributed by atoms with Gasteiger partial charge in [0.25, 0.3) is 0 Å². The third kappa shape index (κ3) is 3.75. The van der Waals surface area contributed by atoms with E-state index >= 15 is 0 Å². The van der Waals surface area contributed by atoms with Crippen molar-refractivity contribution >= 4 is 6.03 Å². The molecule has 0 aromatic heterocycles. The van der Waals surface area contributed by atoms with E-state index in [9.17, 15) is 4.79 Å². The van der Waals surface area contributed by atoms with Crippen LogP contribution in [-0.4, -0.2) is 24.0 Å². The molecule has 1 N–H and O–H groups in total. The normalized spacial score (nSPS) is 19.0. The van der Waals surface area contributed by atoms with Crippen LogP contribution in [0, 0.1) is 24.2 Å². The molecule has 1 aliphatic rings. The van der Waals surface area contributed by atoms with Crippen molar-refractivity contribution in [1.29, 1.82) is 5.26 Å². The Morgan fingerprint density at radius 3 is 2.67 bits per heavy atom. The van der Waals surface area contributed by atoms with Crippen LogP contribution in [-0.2, 0) is 5.54 Å². The number of aryl methyl sites for hydroxylation is 1. The SMILES string of the molecule is Cc1ccc(C(C)(C)NC(=O)N2CCC[C@H](C#N)C2)cc1. The molecule has 1 saturated heterocycles. The fraction of sp³-hybridized carbons (Fsp3) is 0.529. The van der Waals surface area contributed by atoms with Gasteiger partial charge in [-0.2, -0.15) is 5.26 Å². The predicted octanol–water partition coefficient (Wildman–Crippen LogP) is 3.18. The van der Waals surface area contributed by atoms with Crippen molar-refractivity contribution in [3.63, 3.8) is 0 Å². The summed E-state index contributed by atoms with van der Waals surface area (Å²) >= 11 is 0. The van der Waals surface area contributed by atoms with Gasteiger partial charge in [-0.3, -0.25) is 0 Å². The lowest BCUT2D eigenvalue weighted by molar-refractivity contribution is 0.166. The fourth-order valence-corrected chi connectivity index (χ4v) is 2.66. The second-order valence-corrected chi connectivity index (χ2v) is 6.34. The third-order valence-corrected chi connectivity index (χ3v) is 4.08. The van der Waals surface area contributed by atoms with Crippen LogP contribution in [0.15, 0.2) is 24.3 Å². The van der Waals surface area contributed by atoms with Gasteiger partial charge in [-0.1, -0.05) is 29.8 Å². The van der Waals surface area contributed by atoms with Gasteiger partial charge >= 0.3 is 6.03 Å². The van der Waals surface area contributed by atoms with Gasteiger partial charge in [0, 0.05) is 13.1 Å². The van der Waals surface area contributed by atoms with Crippen molar-refractivity contribution in [2.24, 2.45) is 5.92 Å². The number of hydrogen-bond donors (Lipinski definition) is 1. The first-order valence-electron chi connectivity index (χ1n) is 7.46. The summed E-state index contributed by atoms with van der Waals surface area (Å²) in [4.78, 5) is 14.2. The van der Waals surface area contributed by atoms with Gasteiger partial charge in [-0.15, -0.1) is 0 Å². The van der Waals surface area contributed by atoms with E-state index in [1.54, 1.807) is 4.90 Å². The number of nitrogens with zero attached hydrogens (tertiary/aromatic N) is 2. The highest BCUT2D eigenvalue weighted by Crippen LogP contribution is 2.22. The summed E-state index contributed by atoms with van der Waals surface area (Å²) in [6.45, 7) is 7.31. The van der Waals surface area contributed by atoms with Crippen molar-refractivity contribution in [2.45, 2.75) is 39.2 Å². The Balaban J connectivity index is 2.04. The Morgan fingerprint density at radius 2 is 2.05 bits per heavy atom. The van der Waals surface area contributed by atoms with Crippen LogP contribution >= 0.6 is 0 Å². The topological polar surface area (TPSA) is 56.1 Å². The lowest BCUT2D eigenvalue weighted by Crippen LogP contribution is -2.51. The minimum absolute atomic E-state index is 0.0352. The molecule has 4 heteroatoms. The van der Waals surface area contributed by atoms with E-state index in [0.29, 0.717) is 6.54 Å². The molecule has 2 amide bonds. The molecular weight excluding hydrogens is 262 g/mol. The average molecular weight is 285 g/mol. The van der Waals surface area contributed by atoms with Crippen molar-refractivity contribution in [3.05, 3.63) is 35.4 Å². The summed E-state index contributed by atoms with van der Waals surface area (Å²) in [5.41, 5.74) is 1.86. The molecule has 0 aliphatic carbocycles. The first-order chi connectivity index (χ1) is 9.92. The minimum atomic E-state index is -0.426. The lowest BCUT2D eigenvalue weighted by atomic mass is 9.93. The standard InChI is InChI=1S/C17H23N3O/c1-13-6-8-15(9-7-13)17(2,3)19-16(21)20-10-4-5-14(11-18)12-20/h6-9,14H,4-5,10,12H2,1-3H3,(H,19,21)/t14-/m1/s1. The molecule has 1 heterocycles. The maximum atomic E-state index is 12.4. The largest absolute Gasteiger partial charge is 0.329 e. The van der Waals surface area contributed by atoms with Gasteiger partial charge in [0.05, 0.1) is 17.5 Å². The maximum Gasteiger partial charge on any atom is 0.318 e. The molecule has 0 bridgehead atoms. The Hall–Kier alpha value is -2.02. The van der Waals surface area contributed by atoms with Crippen LogP contribution in [0.5, 0.6) is 0 Å². The molecular formula is C17H23N3O. The quantitative estimate of drug-likeness (QED) is 0.907. The van der Waals surface area contributed by atoms with Crippen molar-refractivity contribution in [2.75, 3.05) is 13.1 Å². The van der Waals surface area contributed by atoms with E-state index in [2.05, 4.69) is 23.5 Å². The summed E-state index contributed by atoms with van der Waals surface area (Å²) < 4.78 is 0. The number of carbonyl (C=O) groups is 1. The maximum absolute atomic E-state index is 12.4. The van der Waals surface area contributed by atoms with Crippen LogP contribution in [0.25, 0.3) is 0 Å². The third-order valence-electron chi connectivity index (χ3n) is 4.08. The molecule has 0 spiro atoms. The Kier molecular flexibility index (Phi) is 4.52. The Bertz CT molecular complexity index is 542. The fourth-order valence-electron chi connectivity index (χ4n) is 2.66. The zero-order valence-corrected chi connectivity index (χ0v) is 13.0. The number of urea groups is 1. The first-order valence-corrected chi connectivity index (χ1v) is 7.46. The van der Waals surface area contributed by atoms with Gasteiger partial charge in [-0.25, -0.2) is 4.79 Å². The summed E-state index contributed by atoms with van der Waals surface area (Å²) in [7, 11) is 0. The molecule has 0 radical (unpaired) electrons. The number of carbonyl (C=O) groups excluding carboxylic acids is 1. The number of nitrogens with one attached hydrogen (secondary N) is 1. The van der Waals surface area contributed by atoms with Crippen LogP contribution in [0.4, 0.5) is 4.79 Å². The molecule has 1 aromatic carbocycles. The number of amides is 2. The number of piperidine rings is 1. The van der Waals surface area contributed by atoms with E-state index in [4.69, 9.17) is 5.26 Å². The van der Waals surface area contributed by atoms with E-state index in [1.807, 2.05) is 32.9 Å². The van der Waals surface area contributed by atoms with Gasteiger partial charge in [-0.05, 0) is 39.2 Å². The van der Waals surface area contributed by atoms with Crippen LogP contribution in [0.3, 0.4) is 0 Å². The number of rotatable bonds is 2. The summed E-state index contributed by atoms with van der Waals surface area (Å²) in [6, 6.07) is 10.4. The number of benzene rings is 1. The van der Waals surface area contributed by atoms with Gasteiger partial charge in [0.2, 0.25) is 0 Å². The highest BCUT2D eigenvalue weighted by molar-refractivity contribution is 5.75. The first kappa shape index (κ1) is 15.4. The zero-order chi connectivity index (χ0) is 15.5. The molecule has 4 nitrogen and oxygen atoms in total. The lowest BCUT2D eigenvalue weighted by Gasteiger charge is -2.34. The predicted molar refractivity (Wildman–Crippen MR) is 82.6 cm³/mol. The van der Waals surface area contributed by atoms with Crippen molar-refractivity contribution < 1.29 is 4.79 Å². The van der Waals surface area contributed by atoms with E-state index in [0.717, 1.165) is 24.9 Å².